The van der Waals surface area contributed by atoms with Crippen molar-refractivity contribution in [2.75, 3.05) is 6.61 Å². The minimum Gasteiger partial charge on any atom is -0.598 e. The van der Waals surface area contributed by atoms with Gasteiger partial charge in [0.1, 0.15) is 23.3 Å². The smallest absolute Gasteiger partial charge is 0.392 e. The molecular weight excluding hydrogens is 632 g/mol. The second kappa shape index (κ2) is 14.6. The number of ether oxygens (including phenoxy) is 1. The number of fused-ring (bicyclic) bond motifs is 1. The number of amides is 1. The predicted octanol–water partition coefficient (Wildman–Crippen LogP) is 8.03. The average Bonchev–Trinajstić information content (AvgIpc) is 3.25. The number of hydrogen-bond acceptors (Lipinski definition) is 5. The van der Waals surface area contributed by atoms with Crippen LogP contribution >= 0.6 is 0 Å². The molecule has 1 aliphatic carbocycles. The highest BCUT2D eigenvalue weighted by atomic mass is 32.2. The molecule has 4 atom stereocenters. The molecule has 2 N–H and O–H groups in total. The summed E-state index contributed by atoms with van der Waals surface area (Å²) >= 11 is -1.52. The summed E-state index contributed by atoms with van der Waals surface area (Å²) in [5, 5.41) is 2.67. The highest BCUT2D eigenvalue weighted by Gasteiger charge is 2.42. The Balaban J connectivity index is 2.01. The summed E-state index contributed by atoms with van der Waals surface area (Å²) in [6, 6.07) is 5.07. The molecule has 256 valence electrons. The van der Waals surface area contributed by atoms with Crippen molar-refractivity contribution in [3.63, 3.8) is 0 Å². The first-order valence-corrected chi connectivity index (χ1v) is 20.4. The van der Waals surface area contributed by atoms with Gasteiger partial charge in [0.05, 0.1) is 23.0 Å². The number of halogens is 5. The first kappa shape index (κ1) is 37.7. The molecule has 3 rings (SSSR count). The van der Waals surface area contributed by atoms with Crippen molar-refractivity contribution in [3.05, 3.63) is 29.6 Å². The minimum absolute atomic E-state index is 0.118. The molecule has 1 aromatic carbocycles. The first-order chi connectivity index (χ1) is 20.6. The van der Waals surface area contributed by atoms with E-state index >= 15 is 0 Å². The molecule has 0 aliphatic heterocycles. The normalized spacial score (nSPS) is 19.3. The molecular formula is C31H49F5N4O3SSi. The van der Waals surface area contributed by atoms with E-state index in [1.165, 1.54) is 0 Å². The Labute approximate surface area is 267 Å². The lowest BCUT2D eigenvalue weighted by atomic mass is 9.82. The number of alkyl halides is 5. The summed E-state index contributed by atoms with van der Waals surface area (Å²) in [4.78, 5) is 17.3. The molecule has 45 heavy (non-hydrogen) atoms. The van der Waals surface area contributed by atoms with Gasteiger partial charge in [-0.2, -0.15) is 13.2 Å². The van der Waals surface area contributed by atoms with Crippen molar-refractivity contribution < 1.29 is 36.0 Å². The topological polar surface area (TPSA) is 91.2 Å². The van der Waals surface area contributed by atoms with Gasteiger partial charge in [0.2, 0.25) is 11.8 Å². The summed E-state index contributed by atoms with van der Waals surface area (Å²) < 4.78 is 91.4. The van der Waals surface area contributed by atoms with Gasteiger partial charge in [-0.15, -0.1) is 4.72 Å². The van der Waals surface area contributed by atoms with Gasteiger partial charge in [-0.1, -0.05) is 32.6 Å². The number of carbonyl (C=O) groups is 1. The van der Waals surface area contributed by atoms with E-state index in [4.69, 9.17) is 9.72 Å². The van der Waals surface area contributed by atoms with Crippen LogP contribution in [0.25, 0.3) is 11.0 Å². The lowest BCUT2D eigenvalue weighted by Crippen LogP contribution is -2.45. The van der Waals surface area contributed by atoms with Crippen molar-refractivity contribution in [3.8, 4) is 0 Å². The lowest BCUT2D eigenvalue weighted by molar-refractivity contribution is -0.174. The van der Waals surface area contributed by atoms with Gasteiger partial charge in [-0.05, 0) is 70.2 Å². The molecule has 0 bridgehead atoms. The third-order valence-electron chi connectivity index (χ3n) is 8.25. The standard InChI is InChI=1S/C31H49F5N4O3SSi/c1-20(31(34,35)36)17-26(41)37-21(2)23-9-10-24-25(18-23)40(19-43-15-16-45(6,7)8)28(38-24)27(39-44(42)29(3,4)5)22-11-13-30(32,33)14-12-22/h9-10,18,20-22,27,39H,11-17,19H2,1-8H3,(H,37,41)/t20?,21-,27+,44-/m1/s1. The Morgan fingerprint density at radius 3 is 2.36 bits per heavy atom. The van der Waals surface area contributed by atoms with Crippen molar-refractivity contribution >= 4 is 36.4 Å². The summed E-state index contributed by atoms with van der Waals surface area (Å²) in [5.74, 6) is -4.94. The summed E-state index contributed by atoms with van der Waals surface area (Å²) in [6.07, 6.45) is -5.21. The van der Waals surface area contributed by atoms with E-state index in [9.17, 15) is 31.3 Å². The van der Waals surface area contributed by atoms with Crippen LogP contribution in [0.3, 0.4) is 0 Å². The Morgan fingerprint density at radius 1 is 1.18 bits per heavy atom. The maximum Gasteiger partial charge on any atom is 0.392 e. The van der Waals surface area contributed by atoms with E-state index in [-0.39, 0.29) is 38.3 Å². The van der Waals surface area contributed by atoms with E-state index in [1.54, 1.807) is 19.1 Å². The Bertz CT molecular complexity index is 1280. The zero-order valence-electron chi connectivity index (χ0n) is 27.6. The fourth-order valence-electron chi connectivity index (χ4n) is 5.16. The van der Waals surface area contributed by atoms with Gasteiger partial charge in [-0.25, -0.2) is 13.8 Å². The fourth-order valence-corrected chi connectivity index (χ4v) is 6.80. The molecule has 1 fully saturated rings. The van der Waals surface area contributed by atoms with Crippen LogP contribution in [0, 0.1) is 11.8 Å². The molecule has 0 saturated heterocycles. The van der Waals surface area contributed by atoms with E-state index < -0.39 is 66.6 Å². The quantitative estimate of drug-likeness (QED) is 0.0968. The number of imidazole rings is 1. The monoisotopic (exact) mass is 680 g/mol. The predicted molar refractivity (Wildman–Crippen MR) is 171 cm³/mol. The number of carbonyl (C=O) groups excluding carboxylic acids is 1. The van der Waals surface area contributed by atoms with E-state index in [2.05, 4.69) is 29.7 Å². The van der Waals surface area contributed by atoms with Crippen LogP contribution in [0.15, 0.2) is 18.2 Å². The highest BCUT2D eigenvalue weighted by Crippen LogP contribution is 2.42. The van der Waals surface area contributed by atoms with Crippen LogP contribution in [0.4, 0.5) is 22.0 Å². The van der Waals surface area contributed by atoms with Gasteiger partial charge in [0.25, 0.3) is 0 Å². The second-order valence-electron chi connectivity index (χ2n) is 14.6. The molecule has 7 nitrogen and oxygen atoms in total. The molecule has 1 saturated carbocycles. The molecule has 14 heteroatoms. The SMILES string of the molecule is CC(CC(=O)N[C@H](C)c1ccc2nc([C@@H](N[S@+]([O-])C(C)(C)C)C3CCC(F)(F)CC3)n(COCC[Si](C)(C)C)c2c1)C(F)(F)F. The van der Waals surface area contributed by atoms with Crippen molar-refractivity contribution in [1.82, 2.24) is 19.6 Å². The largest absolute Gasteiger partial charge is 0.598 e. The molecule has 0 spiro atoms. The highest BCUT2D eigenvalue weighted by molar-refractivity contribution is 7.90. The summed E-state index contributed by atoms with van der Waals surface area (Å²) in [6.45, 7) is 15.5. The maximum absolute atomic E-state index is 14.2. The Kier molecular flexibility index (Phi) is 12.2. The number of aromatic nitrogens is 2. The Morgan fingerprint density at radius 2 is 1.80 bits per heavy atom. The maximum atomic E-state index is 14.2. The molecule has 2 aromatic rings. The zero-order chi connectivity index (χ0) is 34.0. The van der Waals surface area contributed by atoms with Crippen molar-refractivity contribution in [2.24, 2.45) is 11.8 Å². The van der Waals surface area contributed by atoms with Gasteiger partial charge in [-0.3, -0.25) is 4.79 Å². The number of hydrogen-bond donors (Lipinski definition) is 2. The van der Waals surface area contributed by atoms with Crippen LogP contribution in [-0.2, 0) is 27.6 Å². The Hall–Kier alpha value is -1.74. The van der Waals surface area contributed by atoms with Crippen LogP contribution in [-0.4, -0.2) is 51.5 Å². The van der Waals surface area contributed by atoms with Gasteiger partial charge >= 0.3 is 6.18 Å². The van der Waals surface area contributed by atoms with Crippen LogP contribution in [0.5, 0.6) is 0 Å². The van der Waals surface area contributed by atoms with Gasteiger partial charge < -0.3 is 19.2 Å². The van der Waals surface area contributed by atoms with Crippen LogP contribution in [0.1, 0.15) is 90.2 Å². The summed E-state index contributed by atoms with van der Waals surface area (Å²) in [5.41, 5.74) is 1.92. The third-order valence-corrected chi connectivity index (χ3v) is 11.5. The van der Waals surface area contributed by atoms with E-state index in [1.807, 2.05) is 31.4 Å². The molecule has 1 aromatic heterocycles. The minimum atomic E-state index is -4.46. The molecule has 1 aliphatic rings. The zero-order valence-corrected chi connectivity index (χ0v) is 29.4. The fraction of sp³-hybridized carbons (Fsp3) is 0.742. The summed E-state index contributed by atoms with van der Waals surface area (Å²) in [7, 11) is -1.40. The average molecular weight is 681 g/mol. The number of nitrogens with zero attached hydrogens (tertiary/aromatic N) is 2. The van der Waals surface area contributed by atoms with Gasteiger partial charge in [0.15, 0.2) is 0 Å². The van der Waals surface area contributed by atoms with E-state index in [0.29, 0.717) is 29.0 Å². The van der Waals surface area contributed by atoms with Gasteiger partial charge in [0, 0.05) is 45.3 Å². The third kappa shape index (κ3) is 10.9. The first-order valence-electron chi connectivity index (χ1n) is 15.6. The lowest BCUT2D eigenvalue weighted by Gasteiger charge is -2.35. The number of rotatable bonds is 13. The van der Waals surface area contributed by atoms with Crippen molar-refractivity contribution in [2.45, 2.75) is 128 Å². The molecule has 1 amide bonds. The molecule has 1 unspecified atom stereocenters. The number of nitrogens with one attached hydrogen (secondary N) is 2. The molecule has 0 radical (unpaired) electrons. The van der Waals surface area contributed by atoms with E-state index in [0.717, 1.165) is 13.0 Å². The van der Waals surface area contributed by atoms with Crippen LogP contribution in [0.2, 0.25) is 25.7 Å². The number of benzene rings is 1. The van der Waals surface area contributed by atoms with Crippen molar-refractivity contribution in [1.29, 1.82) is 0 Å². The van der Waals surface area contributed by atoms with Crippen LogP contribution < -0.4 is 10.0 Å². The molecule has 1 heterocycles. The second-order valence-corrected chi connectivity index (χ2v) is 22.2.